The highest BCUT2D eigenvalue weighted by Gasteiger charge is 2.28. The molecule has 0 saturated heterocycles. The molecule has 1 aliphatic rings. The highest BCUT2D eigenvalue weighted by atomic mass is 35.5. The van der Waals surface area contributed by atoms with Gasteiger partial charge in [0.25, 0.3) is 5.69 Å². The fraction of sp³-hybridized carbons (Fsp3) is 0.318. The Labute approximate surface area is 195 Å². The van der Waals surface area contributed by atoms with Crippen molar-refractivity contribution in [2.45, 2.75) is 32.6 Å². The molecule has 32 heavy (non-hydrogen) atoms. The second-order valence-corrected chi connectivity index (χ2v) is 8.26. The van der Waals surface area contributed by atoms with Crippen molar-refractivity contribution in [2.75, 3.05) is 19.5 Å². The third-order valence-corrected chi connectivity index (χ3v) is 6.36. The lowest BCUT2D eigenvalue weighted by atomic mass is 9.97. The molecule has 4 rings (SSSR count). The van der Waals surface area contributed by atoms with Crippen LogP contribution in [0.2, 0.25) is 10.0 Å². The van der Waals surface area contributed by atoms with E-state index in [9.17, 15) is 10.1 Å². The molecule has 0 aliphatic heterocycles. The summed E-state index contributed by atoms with van der Waals surface area (Å²) in [7, 11) is 3.03. The van der Waals surface area contributed by atoms with E-state index in [0.29, 0.717) is 38.7 Å². The van der Waals surface area contributed by atoms with Crippen molar-refractivity contribution in [2.24, 2.45) is 0 Å². The highest BCUT2D eigenvalue weighted by molar-refractivity contribution is 6.39. The molecule has 1 aliphatic carbocycles. The summed E-state index contributed by atoms with van der Waals surface area (Å²) in [4.78, 5) is 11.2. The van der Waals surface area contributed by atoms with E-state index in [4.69, 9.17) is 37.8 Å². The fourth-order valence-electron chi connectivity index (χ4n) is 4.03. The van der Waals surface area contributed by atoms with Crippen LogP contribution in [0.15, 0.2) is 24.3 Å². The Balaban J connectivity index is 1.92. The summed E-state index contributed by atoms with van der Waals surface area (Å²) >= 11 is 13.3. The molecule has 1 aromatic heterocycles. The summed E-state index contributed by atoms with van der Waals surface area (Å²) in [6.07, 6.45) is 3.53. The minimum atomic E-state index is -0.403. The van der Waals surface area contributed by atoms with Crippen molar-refractivity contribution in [1.82, 2.24) is 9.78 Å². The third-order valence-electron chi connectivity index (χ3n) is 5.63. The van der Waals surface area contributed by atoms with Gasteiger partial charge in [0.15, 0.2) is 5.82 Å². The molecule has 0 unspecified atom stereocenters. The van der Waals surface area contributed by atoms with E-state index in [1.807, 2.05) is 13.0 Å². The maximum atomic E-state index is 11.6. The Morgan fingerprint density at radius 3 is 2.41 bits per heavy atom. The Hall–Kier alpha value is -2.97. The van der Waals surface area contributed by atoms with Gasteiger partial charge in [-0.15, -0.1) is 5.10 Å². The van der Waals surface area contributed by atoms with Gasteiger partial charge in [-0.2, -0.15) is 0 Å². The first-order valence-electron chi connectivity index (χ1n) is 10.1. The van der Waals surface area contributed by atoms with Crippen LogP contribution < -0.4 is 14.8 Å². The quantitative estimate of drug-likeness (QED) is 0.344. The predicted octanol–water partition coefficient (Wildman–Crippen LogP) is 6.04. The highest BCUT2D eigenvalue weighted by Crippen LogP contribution is 2.45. The van der Waals surface area contributed by atoms with Crippen molar-refractivity contribution in [3.63, 3.8) is 0 Å². The SMILES string of the molecule is COc1cc(OC)c(Cl)c(-n2nc(Nc3c(C)cccc3[N+](=O)[O-])c3c2CCCC3)c1Cl. The summed E-state index contributed by atoms with van der Waals surface area (Å²) in [5.74, 6) is 1.37. The topological polar surface area (TPSA) is 91.5 Å². The van der Waals surface area contributed by atoms with Crippen LogP contribution in [0, 0.1) is 17.0 Å². The zero-order valence-electron chi connectivity index (χ0n) is 17.9. The van der Waals surface area contributed by atoms with E-state index in [0.717, 1.165) is 42.5 Å². The summed E-state index contributed by atoms with van der Waals surface area (Å²) in [6.45, 7) is 1.82. The zero-order valence-corrected chi connectivity index (χ0v) is 19.4. The molecule has 0 bridgehead atoms. The molecule has 10 heteroatoms. The number of aromatic nitrogens is 2. The molecular formula is C22H22Cl2N4O4. The number of fused-ring (bicyclic) bond motifs is 1. The summed E-state index contributed by atoms with van der Waals surface area (Å²) in [5.41, 5.74) is 3.54. The van der Waals surface area contributed by atoms with Crippen LogP contribution in [-0.2, 0) is 12.8 Å². The van der Waals surface area contributed by atoms with Gasteiger partial charge in [-0.3, -0.25) is 10.1 Å². The number of nitro groups is 1. The van der Waals surface area contributed by atoms with Gasteiger partial charge in [0.1, 0.15) is 32.9 Å². The molecule has 0 atom stereocenters. The van der Waals surface area contributed by atoms with E-state index >= 15 is 0 Å². The van der Waals surface area contributed by atoms with Gasteiger partial charge in [-0.25, -0.2) is 4.68 Å². The molecule has 2 aromatic carbocycles. The van der Waals surface area contributed by atoms with Gasteiger partial charge in [0, 0.05) is 23.4 Å². The lowest BCUT2D eigenvalue weighted by molar-refractivity contribution is -0.384. The van der Waals surface area contributed by atoms with Crippen LogP contribution in [0.25, 0.3) is 5.69 Å². The number of hydrogen-bond acceptors (Lipinski definition) is 6. The number of nitrogens with one attached hydrogen (secondary N) is 1. The standard InChI is InChI=1S/C22H22Cl2N4O4/c1-12-7-6-10-15(28(29)30)20(12)25-22-13-8-4-5-9-14(13)27(26-22)21-18(23)16(31-2)11-17(32-3)19(21)24/h6-7,10-11H,4-5,8-9H2,1-3H3,(H,25,26). The largest absolute Gasteiger partial charge is 0.495 e. The molecule has 0 amide bonds. The van der Waals surface area contributed by atoms with Gasteiger partial charge in [-0.1, -0.05) is 35.3 Å². The normalized spacial score (nSPS) is 12.9. The van der Waals surface area contributed by atoms with E-state index in [1.54, 1.807) is 16.8 Å². The number of ether oxygens (including phenoxy) is 2. The van der Waals surface area contributed by atoms with Crippen LogP contribution >= 0.6 is 23.2 Å². The molecular weight excluding hydrogens is 455 g/mol. The number of nitro benzene ring substituents is 1. The third kappa shape index (κ3) is 3.73. The minimum absolute atomic E-state index is 0.0109. The molecule has 8 nitrogen and oxygen atoms in total. The Kier molecular flexibility index (Phi) is 6.17. The van der Waals surface area contributed by atoms with Crippen LogP contribution in [0.4, 0.5) is 17.2 Å². The molecule has 1 N–H and O–H groups in total. The van der Waals surface area contributed by atoms with Gasteiger partial charge >= 0.3 is 0 Å². The molecule has 1 heterocycles. The van der Waals surface area contributed by atoms with Crippen molar-refractivity contribution in [3.8, 4) is 17.2 Å². The Morgan fingerprint density at radius 2 is 1.78 bits per heavy atom. The number of benzene rings is 2. The molecule has 0 spiro atoms. The van der Waals surface area contributed by atoms with Crippen molar-refractivity contribution in [1.29, 1.82) is 0 Å². The first-order valence-corrected chi connectivity index (χ1v) is 10.8. The number of rotatable bonds is 6. The fourth-order valence-corrected chi connectivity index (χ4v) is 4.69. The van der Waals surface area contributed by atoms with Crippen LogP contribution in [-0.4, -0.2) is 28.9 Å². The molecule has 168 valence electrons. The van der Waals surface area contributed by atoms with E-state index in [2.05, 4.69) is 5.32 Å². The zero-order chi connectivity index (χ0) is 23.0. The monoisotopic (exact) mass is 476 g/mol. The molecule has 3 aromatic rings. The first-order chi connectivity index (χ1) is 15.4. The van der Waals surface area contributed by atoms with E-state index < -0.39 is 4.92 Å². The van der Waals surface area contributed by atoms with Gasteiger partial charge < -0.3 is 14.8 Å². The van der Waals surface area contributed by atoms with Crippen molar-refractivity contribution in [3.05, 3.63) is 61.2 Å². The maximum Gasteiger partial charge on any atom is 0.292 e. The Morgan fingerprint density at radius 1 is 1.12 bits per heavy atom. The smallest absolute Gasteiger partial charge is 0.292 e. The minimum Gasteiger partial charge on any atom is -0.495 e. The second kappa shape index (κ2) is 8.88. The number of anilines is 2. The molecule has 0 fully saturated rings. The summed E-state index contributed by atoms with van der Waals surface area (Å²) < 4.78 is 12.5. The van der Waals surface area contributed by atoms with Crippen molar-refractivity contribution < 1.29 is 14.4 Å². The van der Waals surface area contributed by atoms with Gasteiger partial charge in [0.05, 0.1) is 19.1 Å². The Bertz CT molecular complexity index is 1180. The number of nitrogens with zero attached hydrogens (tertiary/aromatic N) is 3. The lowest BCUT2D eigenvalue weighted by Gasteiger charge is -2.18. The van der Waals surface area contributed by atoms with Gasteiger partial charge in [-0.05, 0) is 38.2 Å². The average Bonchev–Trinajstić information content (AvgIpc) is 3.13. The van der Waals surface area contributed by atoms with Crippen LogP contribution in [0.3, 0.4) is 0 Å². The number of halogens is 2. The maximum absolute atomic E-state index is 11.6. The average molecular weight is 477 g/mol. The van der Waals surface area contributed by atoms with Gasteiger partial charge in [0.2, 0.25) is 0 Å². The number of aryl methyl sites for hydroxylation is 1. The first kappa shape index (κ1) is 22.2. The van der Waals surface area contributed by atoms with E-state index in [1.165, 1.54) is 20.3 Å². The molecule has 0 saturated carbocycles. The number of hydrogen-bond donors (Lipinski definition) is 1. The molecule has 0 radical (unpaired) electrons. The summed E-state index contributed by atoms with van der Waals surface area (Å²) in [6, 6.07) is 6.58. The number of methoxy groups -OCH3 is 2. The van der Waals surface area contributed by atoms with E-state index in [-0.39, 0.29) is 5.69 Å². The summed E-state index contributed by atoms with van der Waals surface area (Å²) in [5, 5.41) is 20.2. The predicted molar refractivity (Wildman–Crippen MR) is 124 cm³/mol. The van der Waals surface area contributed by atoms with Crippen LogP contribution in [0.5, 0.6) is 11.5 Å². The lowest BCUT2D eigenvalue weighted by Crippen LogP contribution is -2.09. The van der Waals surface area contributed by atoms with Crippen molar-refractivity contribution >= 4 is 40.4 Å². The van der Waals surface area contributed by atoms with Crippen LogP contribution in [0.1, 0.15) is 29.7 Å². The number of para-hydroxylation sites is 1. The second-order valence-electron chi connectivity index (χ2n) is 7.50.